The average Bonchev–Trinajstić information content (AvgIpc) is 2.70. The number of rotatable bonds is 7. The van der Waals surface area contributed by atoms with Gasteiger partial charge in [0.05, 0.1) is 31.1 Å². The van der Waals surface area contributed by atoms with Crippen LogP contribution in [0.4, 0.5) is 0 Å². The smallest absolute Gasteiger partial charge is 0.309 e. The third kappa shape index (κ3) is 5.60. The van der Waals surface area contributed by atoms with Gasteiger partial charge in [0.25, 0.3) is 0 Å². The second-order valence-corrected chi connectivity index (χ2v) is 8.51. The standard InChI is InChI=1S/C25H30N2O3/c1-4-5-6-7-8-18-14-23-22(25(2,3)11-12-30-23)13-19(18)9-10-20-16-27-21(17-26-20)15-24(28)29/h13-14,16-17H,4-8,11-12,15H2,1-3H3,(H,28,29). The van der Waals surface area contributed by atoms with Crippen molar-refractivity contribution in [2.24, 2.45) is 0 Å². The first-order valence-corrected chi connectivity index (χ1v) is 10.7. The van der Waals surface area contributed by atoms with Crippen LogP contribution in [0.1, 0.15) is 81.0 Å². The predicted octanol–water partition coefficient (Wildman–Crippen LogP) is 4.69. The van der Waals surface area contributed by atoms with Crippen molar-refractivity contribution < 1.29 is 14.6 Å². The van der Waals surface area contributed by atoms with Gasteiger partial charge in [-0.15, -0.1) is 0 Å². The van der Waals surface area contributed by atoms with Gasteiger partial charge in [0.1, 0.15) is 11.4 Å². The molecule has 1 aromatic carbocycles. The molecular formula is C25H30N2O3. The summed E-state index contributed by atoms with van der Waals surface area (Å²) in [5.41, 5.74) is 4.46. The minimum Gasteiger partial charge on any atom is -0.493 e. The lowest BCUT2D eigenvalue weighted by atomic mass is 9.78. The molecule has 0 saturated heterocycles. The van der Waals surface area contributed by atoms with Crippen LogP contribution < -0.4 is 4.74 Å². The molecule has 2 aromatic rings. The Morgan fingerprint density at radius 3 is 2.70 bits per heavy atom. The number of ether oxygens (including phenoxy) is 1. The van der Waals surface area contributed by atoms with E-state index in [1.165, 1.54) is 42.8 Å². The molecule has 1 aromatic heterocycles. The van der Waals surface area contributed by atoms with Crippen molar-refractivity contribution in [1.82, 2.24) is 9.97 Å². The summed E-state index contributed by atoms with van der Waals surface area (Å²) in [7, 11) is 0. The van der Waals surface area contributed by atoms with Gasteiger partial charge in [-0.05, 0) is 48.3 Å². The second-order valence-electron chi connectivity index (χ2n) is 8.51. The maximum Gasteiger partial charge on any atom is 0.309 e. The second kappa shape index (κ2) is 9.75. The molecule has 1 aliphatic heterocycles. The Morgan fingerprint density at radius 2 is 2.00 bits per heavy atom. The van der Waals surface area contributed by atoms with Gasteiger partial charge in [0.2, 0.25) is 0 Å². The molecule has 5 nitrogen and oxygen atoms in total. The molecule has 2 heterocycles. The molecule has 158 valence electrons. The van der Waals surface area contributed by atoms with Crippen LogP contribution in [0.2, 0.25) is 0 Å². The molecule has 0 fully saturated rings. The summed E-state index contributed by atoms with van der Waals surface area (Å²) in [4.78, 5) is 19.2. The van der Waals surface area contributed by atoms with Gasteiger partial charge >= 0.3 is 5.97 Å². The summed E-state index contributed by atoms with van der Waals surface area (Å²) in [6.07, 6.45) is 9.65. The summed E-state index contributed by atoms with van der Waals surface area (Å²) in [6.45, 7) is 7.46. The van der Waals surface area contributed by atoms with Gasteiger partial charge in [-0.3, -0.25) is 9.78 Å². The van der Waals surface area contributed by atoms with E-state index >= 15 is 0 Å². The number of hydrogen-bond donors (Lipinski definition) is 1. The summed E-state index contributed by atoms with van der Waals surface area (Å²) in [5, 5.41) is 8.86. The molecule has 1 N–H and O–H groups in total. The highest BCUT2D eigenvalue weighted by atomic mass is 16.5. The van der Waals surface area contributed by atoms with Crippen molar-refractivity contribution in [1.29, 1.82) is 0 Å². The molecule has 0 amide bonds. The molecule has 0 unspecified atom stereocenters. The van der Waals surface area contributed by atoms with Crippen LogP contribution in [-0.4, -0.2) is 27.7 Å². The Labute approximate surface area is 178 Å². The molecule has 0 saturated carbocycles. The minimum absolute atomic E-state index is 0.0586. The third-order valence-corrected chi connectivity index (χ3v) is 5.58. The maximum atomic E-state index is 10.8. The zero-order valence-corrected chi connectivity index (χ0v) is 18.1. The van der Waals surface area contributed by atoms with Crippen molar-refractivity contribution >= 4 is 5.97 Å². The van der Waals surface area contributed by atoms with Crippen LogP contribution in [0, 0.1) is 11.8 Å². The van der Waals surface area contributed by atoms with Crippen LogP contribution >= 0.6 is 0 Å². The molecule has 0 bridgehead atoms. The van der Waals surface area contributed by atoms with E-state index in [4.69, 9.17) is 9.84 Å². The van der Waals surface area contributed by atoms with Gasteiger partial charge in [-0.2, -0.15) is 0 Å². The van der Waals surface area contributed by atoms with E-state index in [0.717, 1.165) is 37.2 Å². The van der Waals surface area contributed by atoms with E-state index in [0.29, 0.717) is 11.4 Å². The number of aromatic nitrogens is 2. The first-order chi connectivity index (χ1) is 14.4. The quantitative estimate of drug-likeness (QED) is 0.534. The molecule has 0 atom stereocenters. The summed E-state index contributed by atoms with van der Waals surface area (Å²) in [5.74, 6) is 6.46. The SMILES string of the molecule is CCCCCCc1cc2c(cc1C#Cc1cnc(CC(=O)O)cn1)C(C)(C)CCO2. The largest absolute Gasteiger partial charge is 0.493 e. The van der Waals surface area contributed by atoms with Crippen LogP contribution in [0.5, 0.6) is 5.75 Å². The molecule has 3 rings (SSSR count). The number of nitrogens with zero attached hydrogens (tertiary/aromatic N) is 2. The van der Waals surface area contributed by atoms with Crippen molar-refractivity contribution in [2.45, 2.75) is 71.1 Å². The fraction of sp³-hybridized carbons (Fsp3) is 0.480. The van der Waals surface area contributed by atoms with Gasteiger partial charge in [-0.25, -0.2) is 4.98 Å². The average molecular weight is 407 g/mol. The zero-order chi connectivity index (χ0) is 21.6. The number of aryl methyl sites for hydroxylation is 1. The van der Waals surface area contributed by atoms with Gasteiger partial charge < -0.3 is 9.84 Å². The highest BCUT2D eigenvalue weighted by Crippen LogP contribution is 2.40. The first-order valence-electron chi connectivity index (χ1n) is 10.7. The first kappa shape index (κ1) is 21.8. The Morgan fingerprint density at radius 1 is 1.17 bits per heavy atom. The Kier molecular flexibility index (Phi) is 7.10. The lowest BCUT2D eigenvalue weighted by Crippen LogP contribution is -2.27. The number of carboxylic acids is 1. The van der Waals surface area contributed by atoms with Gasteiger partial charge in [0.15, 0.2) is 0 Å². The van der Waals surface area contributed by atoms with Gasteiger partial charge in [0, 0.05) is 11.1 Å². The molecule has 1 aliphatic rings. The maximum absolute atomic E-state index is 10.8. The Balaban J connectivity index is 1.90. The lowest BCUT2D eigenvalue weighted by Gasteiger charge is -2.33. The van der Waals surface area contributed by atoms with Gasteiger partial charge in [-0.1, -0.05) is 46.0 Å². The Hall–Kier alpha value is -2.87. The number of aliphatic carboxylic acids is 1. The predicted molar refractivity (Wildman–Crippen MR) is 117 cm³/mol. The number of unbranched alkanes of at least 4 members (excludes halogenated alkanes) is 3. The molecule has 5 heteroatoms. The zero-order valence-electron chi connectivity index (χ0n) is 18.1. The lowest BCUT2D eigenvalue weighted by molar-refractivity contribution is -0.136. The highest BCUT2D eigenvalue weighted by molar-refractivity contribution is 5.69. The van der Waals surface area contributed by atoms with Crippen molar-refractivity contribution in [3.8, 4) is 17.6 Å². The van der Waals surface area contributed by atoms with E-state index in [1.807, 2.05) is 0 Å². The topological polar surface area (TPSA) is 72.3 Å². The Bertz CT molecular complexity index is 953. The molecule has 0 spiro atoms. The number of carbonyl (C=O) groups is 1. The van der Waals surface area contributed by atoms with E-state index in [9.17, 15) is 4.79 Å². The molecule has 0 radical (unpaired) electrons. The molecule has 0 aliphatic carbocycles. The van der Waals surface area contributed by atoms with E-state index in [-0.39, 0.29) is 11.8 Å². The fourth-order valence-electron chi connectivity index (χ4n) is 3.68. The van der Waals surface area contributed by atoms with E-state index in [1.54, 1.807) is 0 Å². The minimum atomic E-state index is -0.922. The summed E-state index contributed by atoms with van der Waals surface area (Å²) < 4.78 is 5.97. The third-order valence-electron chi connectivity index (χ3n) is 5.58. The number of benzene rings is 1. The van der Waals surface area contributed by atoms with E-state index < -0.39 is 5.97 Å². The highest BCUT2D eigenvalue weighted by Gasteiger charge is 2.29. The summed E-state index contributed by atoms with van der Waals surface area (Å²) in [6, 6.07) is 4.36. The van der Waals surface area contributed by atoms with Crippen molar-refractivity contribution in [2.75, 3.05) is 6.61 Å². The monoisotopic (exact) mass is 406 g/mol. The van der Waals surface area contributed by atoms with Crippen LogP contribution in [0.3, 0.4) is 0 Å². The van der Waals surface area contributed by atoms with E-state index in [2.05, 4.69) is 54.7 Å². The fourth-order valence-corrected chi connectivity index (χ4v) is 3.68. The van der Waals surface area contributed by atoms with Crippen molar-refractivity contribution in [3.05, 3.63) is 52.6 Å². The summed E-state index contributed by atoms with van der Waals surface area (Å²) >= 11 is 0. The van der Waals surface area contributed by atoms with Crippen LogP contribution in [-0.2, 0) is 23.1 Å². The normalized spacial score (nSPS) is 14.2. The van der Waals surface area contributed by atoms with Crippen molar-refractivity contribution in [3.63, 3.8) is 0 Å². The number of hydrogen-bond acceptors (Lipinski definition) is 4. The molecule has 30 heavy (non-hydrogen) atoms. The molecular weight excluding hydrogens is 376 g/mol. The van der Waals surface area contributed by atoms with Crippen LogP contribution in [0.15, 0.2) is 24.5 Å². The van der Waals surface area contributed by atoms with Crippen LogP contribution in [0.25, 0.3) is 0 Å². The number of fused-ring (bicyclic) bond motifs is 1. The number of carboxylic acid groups (broad SMARTS) is 1.